The molecular weight excluding hydrogens is 496 g/mol. The van der Waals surface area contributed by atoms with E-state index in [2.05, 4.69) is 22.1 Å². The van der Waals surface area contributed by atoms with Gasteiger partial charge in [-0.25, -0.2) is 4.79 Å². The van der Waals surface area contributed by atoms with E-state index in [0.29, 0.717) is 39.4 Å². The Bertz CT molecular complexity index is 1380. The number of methoxy groups -OCH3 is 2. The van der Waals surface area contributed by atoms with Gasteiger partial charge in [0.15, 0.2) is 11.0 Å². The molecule has 4 aromatic rings. The van der Waals surface area contributed by atoms with Crippen molar-refractivity contribution in [3.63, 3.8) is 0 Å². The molecule has 4 rings (SSSR count). The summed E-state index contributed by atoms with van der Waals surface area (Å²) in [5, 5.41) is 14.3. The molecule has 8 nitrogen and oxygen atoms in total. The molecule has 2 aromatic carbocycles. The van der Waals surface area contributed by atoms with Crippen molar-refractivity contribution in [3.8, 4) is 28.3 Å². The minimum Gasteiger partial charge on any atom is -0.497 e. The highest BCUT2D eigenvalue weighted by Gasteiger charge is 2.23. The number of anilines is 1. The molecule has 0 atom stereocenters. The van der Waals surface area contributed by atoms with Crippen LogP contribution in [0.4, 0.5) is 5.00 Å². The molecule has 0 radical (unpaired) electrons. The number of thiophene rings is 1. The molecule has 1 amide bonds. The minimum atomic E-state index is -0.508. The number of hydrogen-bond acceptors (Lipinski definition) is 8. The van der Waals surface area contributed by atoms with Crippen LogP contribution in [0.2, 0.25) is 0 Å². The lowest BCUT2D eigenvalue weighted by Gasteiger charge is -2.09. The van der Waals surface area contributed by atoms with Gasteiger partial charge in [-0.15, -0.1) is 28.1 Å². The number of benzene rings is 2. The average molecular weight is 521 g/mol. The van der Waals surface area contributed by atoms with Crippen molar-refractivity contribution in [2.45, 2.75) is 11.7 Å². The first-order valence-corrected chi connectivity index (χ1v) is 12.8. The van der Waals surface area contributed by atoms with Crippen LogP contribution in [0.1, 0.15) is 10.4 Å². The lowest BCUT2D eigenvalue weighted by Crippen LogP contribution is -2.16. The van der Waals surface area contributed by atoms with Gasteiger partial charge in [0.1, 0.15) is 16.3 Å². The lowest BCUT2D eigenvalue weighted by atomic mass is 10.0. The molecule has 1 N–H and O–H groups in total. The molecule has 0 aliphatic rings. The van der Waals surface area contributed by atoms with Gasteiger partial charge in [-0.1, -0.05) is 60.3 Å². The Morgan fingerprint density at radius 1 is 1.11 bits per heavy atom. The summed E-state index contributed by atoms with van der Waals surface area (Å²) < 4.78 is 12.2. The largest absolute Gasteiger partial charge is 0.497 e. The quantitative estimate of drug-likeness (QED) is 0.170. The van der Waals surface area contributed by atoms with Crippen molar-refractivity contribution in [1.29, 1.82) is 0 Å². The molecule has 10 heteroatoms. The van der Waals surface area contributed by atoms with Crippen LogP contribution in [-0.2, 0) is 16.1 Å². The number of hydrogen-bond donors (Lipinski definition) is 1. The van der Waals surface area contributed by atoms with E-state index in [1.54, 1.807) is 13.2 Å². The van der Waals surface area contributed by atoms with E-state index in [4.69, 9.17) is 9.47 Å². The molecule has 0 bridgehead atoms. The molecule has 0 fully saturated rings. The SMILES string of the molecule is C=CCn1c(SCC(=O)Nc2scc(-c3ccccc3)c2C(=O)OC)nnc1-c1cccc(OC)c1. The zero-order valence-electron chi connectivity index (χ0n) is 19.8. The maximum atomic E-state index is 12.9. The monoisotopic (exact) mass is 520 g/mol. The Morgan fingerprint density at radius 2 is 1.89 bits per heavy atom. The van der Waals surface area contributed by atoms with Crippen molar-refractivity contribution < 1.29 is 19.1 Å². The Morgan fingerprint density at radius 3 is 2.61 bits per heavy atom. The standard InChI is InChI=1S/C26H24N4O4S2/c1-4-13-30-23(18-11-8-12-19(14-18)33-2)28-29-26(30)36-16-21(31)27-24-22(25(32)34-3)20(15-35-24)17-9-6-5-7-10-17/h4-12,14-15H,1,13,16H2,2-3H3,(H,27,31). The predicted molar refractivity (Wildman–Crippen MR) is 143 cm³/mol. The zero-order valence-corrected chi connectivity index (χ0v) is 21.4. The number of nitrogens with one attached hydrogen (secondary N) is 1. The highest BCUT2D eigenvalue weighted by Crippen LogP contribution is 2.36. The van der Waals surface area contributed by atoms with Crippen LogP contribution in [0, 0.1) is 0 Å². The van der Waals surface area contributed by atoms with Gasteiger partial charge < -0.3 is 14.8 Å². The number of ether oxygens (including phenoxy) is 2. The van der Waals surface area contributed by atoms with Crippen LogP contribution in [0.3, 0.4) is 0 Å². The van der Waals surface area contributed by atoms with E-state index < -0.39 is 5.97 Å². The molecule has 0 spiro atoms. The number of allylic oxidation sites excluding steroid dienone is 1. The van der Waals surface area contributed by atoms with Crippen LogP contribution in [0.15, 0.2) is 77.8 Å². The first kappa shape index (κ1) is 25.2. The van der Waals surface area contributed by atoms with Gasteiger partial charge in [-0.2, -0.15) is 0 Å². The summed E-state index contributed by atoms with van der Waals surface area (Å²) in [7, 11) is 2.93. The van der Waals surface area contributed by atoms with Crippen molar-refractivity contribution in [2.24, 2.45) is 0 Å². The predicted octanol–water partition coefficient (Wildman–Crippen LogP) is 5.39. The van der Waals surface area contributed by atoms with Crippen LogP contribution in [-0.4, -0.2) is 46.6 Å². The van der Waals surface area contributed by atoms with E-state index in [1.165, 1.54) is 30.2 Å². The number of aromatic nitrogens is 3. The van der Waals surface area contributed by atoms with Crippen LogP contribution in [0.5, 0.6) is 5.75 Å². The van der Waals surface area contributed by atoms with Crippen LogP contribution < -0.4 is 10.1 Å². The van der Waals surface area contributed by atoms with Gasteiger partial charge in [-0.05, 0) is 17.7 Å². The molecule has 36 heavy (non-hydrogen) atoms. The number of amides is 1. The third-order valence-electron chi connectivity index (χ3n) is 5.21. The molecule has 0 unspecified atom stereocenters. The number of nitrogens with zero attached hydrogens (tertiary/aromatic N) is 3. The summed E-state index contributed by atoms with van der Waals surface area (Å²) in [6, 6.07) is 17.0. The van der Waals surface area contributed by atoms with Crippen molar-refractivity contribution in [1.82, 2.24) is 14.8 Å². The third-order valence-corrected chi connectivity index (χ3v) is 7.07. The van der Waals surface area contributed by atoms with Crippen molar-refractivity contribution in [3.05, 3.63) is 78.2 Å². The molecule has 184 valence electrons. The summed E-state index contributed by atoms with van der Waals surface area (Å²) in [6.07, 6.45) is 1.75. The summed E-state index contributed by atoms with van der Waals surface area (Å²) in [4.78, 5) is 25.4. The fraction of sp³-hybridized carbons (Fsp3) is 0.154. The summed E-state index contributed by atoms with van der Waals surface area (Å²) in [6.45, 7) is 4.30. The summed E-state index contributed by atoms with van der Waals surface area (Å²) >= 11 is 2.53. The second-order valence-electron chi connectivity index (χ2n) is 7.49. The smallest absolute Gasteiger partial charge is 0.341 e. The summed E-state index contributed by atoms with van der Waals surface area (Å²) in [5.74, 6) is 0.651. The number of carbonyl (C=O) groups excluding carboxylic acids is 2. The fourth-order valence-electron chi connectivity index (χ4n) is 3.54. The second kappa shape index (κ2) is 11.7. The Balaban J connectivity index is 1.52. The van der Waals surface area contributed by atoms with E-state index >= 15 is 0 Å². The Labute approximate surface area is 217 Å². The van der Waals surface area contributed by atoms with Gasteiger partial charge in [0.25, 0.3) is 0 Å². The highest BCUT2D eigenvalue weighted by atomic mass is 32.2. The first-order chi connectivity index (χ1) is 17.5. The maximum absolute atomic E-state index is 12.9. The second-order valence-corrected chi connectivity index (χ2v) is 9.31. The average Bonchev–Trinajstić information content (AvgIpc) is 3.52. The normalized spacial score (nSPS) is 10.6. The minimum absolute atomic E-state index is 0.0760. The van der Waals surface area contributed by atoms with Gasteiger partial charge in [0.05, 0.1) is 20.0 Å². The lowest BCUT2D eigenvalue weighted by molar-refractivity contribution is -0.113. The molecular formula is C26H24N4O4S2. The third kappa shape index (κ3) is 5.50. The topological polar surface area (TPSA) is 95.3 Å². The maximum Gasteiger partial charge on any atom is 0.341 e. The summed E-state index contributed by atoms with van der Waals surface area (Å²) in [5.41, 5.74) is 2.76. The van der Waals surface area contributed by atoms with E-state index in [9.17, 15) is 9.59 Å². The van der Waals surface area contributed by atoms with Gasteiger partial charge >= 0.3 is 5.97 Å². The first-order valence-electron chi connectivity index (χ1n) is 10.9. The van der Waals surface area contributed by atoms with Gasteiger partial charge in [-0.3, -0.25) is 9.36 Å². The Hall–Kier alpha value is -3.89. The van der Waals surface area contributed by atoms with Gasteiger partial charge in [0, 0.05) is 23.1 Å². The highest BCUT2D eigenvalue weighted by molar-refractivity contribution is 7.99. The number of rotatable bonds is 10. The van der Waals surface area contributed by atoms with Crippen LogP contribution >= 0.6 is 23.1 Å². The zero-order chi connectivity index (χ0) is 25.5. The van der Waals surface area contributed by atoms with E-state index in [0.717, 1.165) is 11.1 Å². The number of esters is 1. The van der Waals surface area contributed by atoms with Crippen molar-refractivity contribution in [2.75, 3.05) is 25.3 Å². The molecule has 0 aliphatic carbocycles. The molecule has 0 saturated heterocycles. The number of thioether (sulfide) groups is 1. The van der Waals surface area contributed by atoms with E-state index in [1.807, 2.05) is 64.5 Å². The van der Waals surface area contributed by atoms with E-state index in [-0.39, 0.29) is 11.7 Å². The van der Waals surface area contributed by atoms with Crippen molar-refractivity contribution >= 4 is 40.0 Å². The fourth-order valence-corrected chi connectivity index (χ4v) is 5.26. The number of carbonyl (C=O) groups is 2. The Kier molecular flexibility index (Phi) is 8.19. The molecule has 2 aromatic heterocycles. The van der Waals surface area contributed by atoms with Gasteiger partial charge in [0.2, 0.25) is 5.91 Å². The van der Waals surface area contributed by atoms with Crippen LogP contribution in [0.25, 0.3) is 22.5 Å². The molecule has 0 saturated carbocycles. The molecule has 0 aliphatic heterocycles. The molecule has 2 heterocycles.